The minimum atomic E-state index is -0.134. The summed E-state index contributed by atoms with van der Waals surface area (Å²) in [5.41, 5.74) is 5.63. The highest BCUT2D eigenvalue weighted by atomic mass is 16.5. The number of nitrogens with one attached hydrogen (secondary N) is 2. The van der Waals surface area contributed by atoms with E-state index in [9.17, 15) is 4.79 Å². The number of carbonyl (C=O) groups excluding carboxylic acids is 1. The molecule has 1 amide bonds. The van der Waals surface area contributed by atoms with Crippen LogP contribution in [0.2, 0.25) is 0 Å². The van der Waals surface area contributed by atoms with Gasteiger partial charge in [0.15, 0.2) is 11.6 Å². The maximum Gasteiger partial charge on any atom is 0.251 e. The zero-order chi connectivity index (χ0) is 26.9. The molecule has 0 radical (unpaired) electrons. The number of rotatable bonds is 11. The summed E-state index contributed by atoms with van der Waals surface area (Å²) in [7, 11) is 1.67. The molecule has 0 aliphatic heterocycles. The van der Waals surface area contributed by atoms with Crippen LogP contribution in [0.15, 0.2) is 103 Å². The standard InChI is InChI=1S/C31H30N6O2/c1-39-19-18-37-29(35-36-30(37)24-14-16-32-17-15-24)22-33-27-12-7-11-25(20-27)31(38)34-21-26-10-5-6-13-28(26)23-8-3-2-4-9-23/h2-17,20,33H,18-19,21-22H2,1H3,(H,34,38). The van der Waals surface area contributed by atoms with E-state index in [1.807, 2.05) is 77.4 Å². The molecule has 3 aromatic carbocycles. The summed E-state index contributed by atoms with van der Waals surface area (Å²) < 4.78 is 7.33. The fourth-order valence-electron chi connectivity index (χ4n) is 4.40. The molecule has 0 spiro atoms. The first-order valence-corrected chi connectivity index (χ1v) is 12.8. The predicted molar refractivity (Wildman–Crippen MR) is 152 cm³/mol. The second-order valence-electron chi connectivity index (χ2n) is 8.96. The lowest BCUT2D eigenvalue weighted by Gasteiger charge is -2.13. The number of aromatic nitrogens is 4. The van der Waals surface area contributed by atoms with Gasteiger partial charge in [-0.05, 0) is 47.0 Å². The molecule has 0 aliphatic carbocycles. The Morgan fingerprint density at radius 3 is 2.46 bits per heavy atom. The maximum atomic E-state index is 13.0. The van der Waals surface area contributed by atoms with E-state index < -0.39 is 0 Å². The van der Waals surface area contributed by atoms with E-state index in [0.717, 1.165) is 39.6 Å². The third-order valence-electron chi connectivity index (χ3n) is 6.40. The zero-order valence-corrected chi connectivity index (χ0v) is 21.7. The van der Waals surface area contributed by atoms with Gasteiger partial charge in [-0.15, -0.1) is 10.2 Å². The number of benzene rings is 3. The van der Waals surface area contributed by atoms with E-state index in [1.165, 1.54) is 0 Å². The first-order chi connectivity index (χ1) is 19.2. The lowest BCUT2D eigenvalue weighted by atomic mass is 9.99. The number of hydrogen-bond donors (Lipinski definition) is 2. The monoisotopic (exact) mass is 518 g/mol. The Hall–Kier alpha value is -4.82. The normalized spacial score (nSPS) is 10.8. The van der Waals surface area contributed by atoms with E-state index in [1.54, 1.807) is 19.5 Å². The average Bonchev–Trinajstić information content (AvgIpc) is 3.41. The van der Waals surface area contributed by atoms with Crippen LogP contribution < -0.4 is 10.6 Å². The van der Waals surface area contributed by atoms with Gasteiger partial charge in [0.05, 0.1) is 13.2 Å². The van der Waals surface area contributed by atoms with Gasteiger partial charge in [-0.2, -0.15) is 0 Å². The predicted octanol–water partition coefficient (Wildman–Crippen LogP) is 5.20. The molecule has 0 aliphatic rings. The van der Waals surface area contributed by atoms with Gasteiger partial charge in [-0.3, -0.25) is 9.78 Å². The number of anilines is 1. The van der Waals surface area contributed by atoms with Gasteiger partial charge in [0.25, 0.3) is 5.91 Å². The molecule has 2 heterocycles. The van der Waals surface area contributed by atoms with Gasteiger partial charge in [0.1, 0.15) is 0 Å². The lowest BCUT2D eigenvalue weighted by molar-refractivity contribution is 0.0951. The number of pyridine rings is 1. The fourth-order valence-corrected chi connectivity index (χ4v) is 4.40. The highest BCUT2D eigenvalue weighted by molar-refractivity contribution is 5.95. The summed E-state index contributed by atoms with van der Waals surface area (Å²) in [5.74, 6) is 1.39. The second kappa shape index (κ2) is 12.6. The molecule has 0 saturated carbocycles. The molecule has 8 nitrogen and oxygen atoms in total. The van der Waals surface area contributed by atoms with Crippen molar-refractivity contribution in [1.29, 1.82) is 0 Å². The molecule has 8 heteroatoms. The average molecular weight is 519 g/mol. The molecule has 0 atom stereocenters. The Morgan fingerprint density at radius 1 is 0.846 bits per heavy atom. The maximum absolute atomic E-state index is 13.0. The Morgan fingerprint density at radius 2 is 1.64 bits per heavy atom. The number of methoxy groups -OCH3 is 1. The van der Waals surface area contributed by atoms with Gasteiger partial charge in [0.2, 0.25) is 0 Å². The molecule has 0 fully saturated rings. The third-order valence-corrected chi connectivity index (χ3v) is 6.40. The molecular weight excluding hydrogens is 488 g/mol. The zero-order valence-electron chi connectivity index (χ0n) is 21.7. The van der Waals surface area contributed by atoms with Gasteiger partial charge < -0.3 is 19.9 Å². The van der Waals surface area contributed by atoms with Crippen molar-refractivity contribution in [3.63, 3.8) is 0 Å². The molecule has 39 heavy (non-hydrogen) atoms. The fraction of sp³-hybridized carbons (Fsp3) is 0.161. The molecular formula is C31H30N6O2. The van der Waals surface area contributed by atoms with Crippen molar-refractivity contribution in [2.75, 3.05) is 19.0 Å². The van der Waals surface area contributed by atoms with Crippen molar-refractivity contribution >= 4 is 11.6 Å². The van der Waals surface area contributed by atoms with Crippen LogP contribution in [0.25, 0.3) is 22.5 Å². The molecule has 0 bridgehead atoms. The van der Waals surface area contributed by atoms with Crippen LogP contribution in [0.5, 0.6) is 0 Å². The van der Waals surface area contributed by atoms with E-state index in [4.69, 9.17) is 4.74 Å². The highest BCUT2D eigenvalue weighted by Gasteiger charge is 2.14. The van der Waals surface area contributed by atoms with Gasteiger partial charge in [0, 0.05) is 49.4 Å². The smallest absolute Gasteiger partial charge is 0.251 e. The minimum absolute atomic E-state index is 0.134. The van der Waals surface area contributed by atoms with Crippen LogP contribution >= 0.6 is 0 Å². The molecule has 5 aromatic rings. The number of ether oxygens (including phenoxy) is 1. The van der Waals surface area contributed by atoms with E-state index in [-0.39, 0.29) is 5.91 Å². The highest BCUT2D eigenvalue weighted by Crippen LogP contribution is 2.23. The third kappa shape index (κ3) is 6.37. The largest absolute Gasteiger partial charge is 0.383 e. The SMILES string of the molecule is COCCn1c(CNc2cccc(C(=O)NCc3ccccc3-c3ccccc3)c2)nnc1-c1ccncc1. The number of hydrogen-bond acceptors (Lipinski definition) is 6. The summed E-state index contributed by atoms with van der Waals surface area (Å²) in [4.78, 5) is 17.1. The van der Waals surface area contributed by atoms with E-state index in [0.29, 0.717) is 31.8 Å². The van der Waals surface area contributed by atoms with Crippen molar-refractivity contribution in [2.24, 2.45) is 0 Å². The molecule has 2 N–H and O–H groups in total. The minimum Gasteiger partial charge on any atom is -0.383 e. The summed E-state index contributed by atoms with van der Waals surface area (Å²) in [6, 6.07) is 29.6. The summed E-state index contributed by atoms with van der Waals surface area (Å²) >= 11 is 0. The Bertz CT molecular complexity index is 1520. The van der Waals surface area contributed by atoms with Crippen LogP contribution in [-0.4, -0.2) is 39.4 Å². The van der Waals surface area contributed by atoms with Crippen molar-refractivity contribution in [3.8, 4) is 22.5 Å². The van der Waals surface area contributed by atoms with Crippen LogP contribution in [0.4, 0.5) is 5.69 Å². The van der Waals surface area contributed by atoms with Crippen LogP contribution in [-0.2, 0) is 24.4 Å². The first-order valence-electron chi connectivity index (χ1n) is 12.8. The van der Waals surface area contributed by atoms with Crippen LogP contribution in [0, 0.1) is 0 Å². The quantitative estimate of drug-likeness (QED) is 0.250. The van der Waals surface area contributed by atoms with Gasteiger partial charge in [-0.25, -0.2) is 0 Å². The molecule has 2 aromatic heterocycles. The van der Waals surface area contributed by atoms with E-state index >= 15 is 0 Å². The van der Waals surface area contributed by atoms with Crippen molar-refractivity contribution < 1.29 is 9.53 Å². The summed E-state index contributed by atoms with van der Waals surface area (Å²) in [6.45, 7) is 2.02. The molecule has 0 saturated heterocycles. The topological polar surface area (TPSA) is 94.0 Å². The number of nitrogens with zero attached hydrogens (tertiary/aromatic N) is 4. The Kier molecular flexibility index (Phi) is 8.35. The van der Waals surface area contributed by atoms with Crippen LogP contribution in [0.1, 0.15) is 21.7 Å². The Labute approximate surface area is 227 Å². The molecule has 5 rings (SSSR count). The van der Waals surface area contributed by atoms with E-state index in [2.05, 4.69) is 44.0 Å². The summed E-state index contributed by atoms with van der Waals surface area (Å²) in [5, 5.41) is 15.3. The number of amides is 1. The summed E-state index contributed by atoms with van der Waals surface area (Å²) in [6.07, 6.45) is 3.47. The number of carbonyl (C=O) groups is 1. The first kappa shape index (κ1) is 25.8. The second-order valence-corrected chi connectivity index (χ2v) is 8.96. The van der Waals surface area contributed by atoms with Gasteiger partial charge in [-0.1, -0.05) is 60.7 Å². The van der Waals surface area contributed by atoms with Gasteiger partial charge >= 0.3 is 0 Å². The van der Waals surface area contributed by atoms with Crippen molar-refractivity contribution in [2.45, 2.75) is 19.6 Å². The van der Waals surface area contributed by atoms with Crippen molar-refractivity contribution in [1.82, 2.24) is 25.1 Å². The van der Waals surface area contributed by atoms with Crippen molar-refractivity contribution in [3.05, 3.63) is 120 Å². The lowest BCUT2D eigenvalue weighted by Crippen LogP contribution is -2.23. The van der Waals surface area contributed by atoms with Crippen LogP contribution in [0.3, 0.4) is 0 Å². The Balaban J connectivity index is 1.26. The molecule has 196 valence electrons. The molecule has 0 unspecified atom stereocenters.